The molecular weight excluding hydrogens is 410 g/mol. The maximum atomic E-state index is 12.4. The van der Waals surface area contributed by atoms with Crippen LogP contribution < -0.4 is 10.6 Å². The summed E-state index contributed by atoms with van der Waals surface area (Å²) in [4.78, 5) is 59.4. The first-order chi connectivity index (χ1) is 14.4. The predicted octanol–water partition coefficient (Wildman–Crippen LogP) is 1.08. The van der Waals surface area contributed by atoms with Gasteiger partial charge in [-0.3, -0.25) is 24.1 Å². The van der Waals surface area contributed by atoms with Crippen molar-refractivity contribution < 1.29 is 29.1 Å². The molecule has 0 aromatic heterocycles. The first-order valence-corrected chi connectivity index (χ1v) is 11.4. The third kappa shape index (κ3) is 5.41. The van der Waals surface area contributed by atoms with Crippen molar-refractivity contribution in [2.45, 2.75) is 62.3 Å². The lowest BCUT2D eigenvalue weighted by molar-refractivity contribution is -0.147. The van der Waals surface area contributed by atoms with Crippen LogP contribution >= 0.6 is 11.8 Å². The highest BCUT2D eigenvalue weighted by Gasteiger charge is 2.42. The molecule has 4 atom stereocenters. The number of rotatable bonds is 12. The van der Waals surface area contributed by atoms with Crippen molar-refractivity contribution in [2.75, 3.05) is 12.3 Å². The van der Waals surface area contributed by atoms with Crippen LogP contribution in [0.15, 0.2) is 12.2 Å². The Hall–Kier alpha value is -2.36. The SMILES string of the molecule is O=C1N[C@H]2[C@H](CS[C@H]2CCCC(C(=O)O)C(=O)CCCCCN2C(=O)C=CC2=O)N1. The Kier molecular flexibility index (Phi) is 7.52. The number of carboxylic acids is 1. The van der Waals surface area contributed by atoms with Gasteiger partial charge in [-0.2, -0.15) is 11.8 Å². The Morgan fingerprint density at radius 3 is 2.53 bits per heavy atom. The molecule has 10 heteroatoms. The van der Waals surface area contributed by atoms with Crippen LogP contribution in [0.3, 0.4) is 0 Å². The number of unbranched alkanes of at least 4 members (excludes halogenated alkanes) is 2. The second kappa shape index (κ2) is 10.1. The lowest BCUT2D eigenvalue weighted by Gasteiger charge is -2.18. The van der Waals surface area contributed by atoms with E-state index >= 15 is 0 Å². The summed E-state index contributed by atoms with van der Waals surface area (Å²) in [6.07, 6.45) is 6.10. The molecule has 0 radical (unpaired) electrons. The second-order valence-corrected chi connectivity index (χ2v) is 9.15. The topological polar surface area (TPSA) is 133 Å². The van der Waals surface area contributed by atoms with Crippen LogP contribution in [0, 0.1) is 5.92 Å². The van der Waals surface area contributed by atoms with E-state index in [9.17, 15) is 29.1 Å². The summed E-state index contributed by atoms with van der Waals surface area (Å²) in [5.74, 6) is -2.16. The molecule has 2 saturated heterocycles. The van der Waals surface area contributed by atoms with Crippen LogP contribution in [0.1, 0.15) is 44.9 Å². The second-order valence-electron chi connectivity index (χ2n) is 7.88. The molecule has 0 spiro atoms. The number of nitrogens with zero attached hydrogens (tertiary/aromatic N) is 1. The van der Waals surface area contributed by atoms with Gasteiger partial charge in [-0.25, -0.2) is 4.79 Å². The molecule has 30 heavy (non-hydrogen) atoms. The molecular formula is C20H27N3O6S. The third-order valence-electron chi connectivity index (χ3n) is 5.81. The number of carbonyl (C=O) groups is 5. The van der Waals surface area contributed by atoms with E-state index in [1.54, 1.807) is 11.8 Å². The molecule has 0 saturated carbocycles. The molecule has 9 nitrogen and oxygen atoms in total. The molecule has 0 aliphatic carbocycles. The quantitative estimate of drug-likeness (QED) is 0.180. The number of urea groups is 1. The van der Waals surface area contributed by atoms with Crippen molar-refractivity contribution in [3.8, 4) is 0 Å². The predicted molar refractivity (Wildman–Crippen MR) is 110 cm³/mol. The molecule has 164 valence electrons. The van der Waals surface area contributed by atoms with Crippen molar-refractivity contribution in [3.05, 3.63) is 12.2 Å². The minimum Gasteiger partial charge on any atom is -0.481 e. The van der Waals surface area contributed by atoms with Gasteiger partial charge >= 0.3 is 12.0 Å². The zero-order chi connectivity index (χ0) is 21.7. The molecule has 1 unspecified atom stereocenters. The first-order valence-electron chi connectivity index (χ1n) is 10.3. The average Bonchev–Trinajstić information content (AvgIpc) is 3.34. The van der Waals surface area contributed by atoms with Crippen molar-refractivity contribution in [3.63, 3.8) is 0 Å². The lowest BCUT2D eigenvalue weighted by atomic mass is 9.92. The molecule has 3 N–H and O–H groups in total. The number of carbonyl (C=O) groups excluding carboxylic acids is 4. The fourth-order valence-corrected chi connectivity index (χ4v) is 5.70. The van der Waals surface area contributed by atoms with Crippen LogP contribution in [-0.4, -0.2) is 69.2 Å². The van der Waals surface area contributed by atoms with E-state index in [4.69, 9.17) is 0 Å². The largest absolute Gasteiger partial charge is 0.481 e. The minimum atomic E-state index is -1.09. The number of aliphatic carboxylic acids is 1. The normalized spacial score (nSPS) is 25.9. The highest BCUT2D eigenvalue weighted by atomic mass is 32.2. The number of fused-ring (bicyclic) bond motifs is 1. The maximum absolute atomic E-state index is 12.4. The van der Waals surface area contributed by atoms with Crippen LogP contribution in [0.2, 0.25) is 0 Å². The number of imide groups is 1. The van der Waals surface area contributed by atoms with E-state index < -0.39 is 11.9 Å². The van der Waals surface area contributed by atoms with E-state index in [1.165, 1.54) is 12.2 Å². The van der Waals surface area contributed by atoms with Gasteiger partial charge in [-0.15, -0.1) is 0 Å². The van der Waals surface area contributed by atoms with Gasteiger partial charge in [0.25, 0.3) is 11.8 Å². The number of hydrogen-bond donors (Lipinski definition) is 3. The summed E-state index contributed by atoms with van der Waals surface area (Å²) < 4.78 is 0. The molecule has 2 fully saturated rings. The van der Waals surface area contributed by atoms with Crippen LogP contribution in [-0.2, 0) is 19.2 Å². The first kappa shape index (κ1) is 22.3. The standard InChI is InChI=1S/C20H27N3O6S/c24-14(6-2-1-3-10-23-16(25)8-9-17(23)26)12(19(27)28)5-4-7-15-18-13(11-30-15)21-20(29)22-18/h8-9,12-13,15,18H,1-7,10-11H2,(H,27,28)(H2,21,22,29)/t12?,13-,15-,18-/m0/s1. The maximum Gasteiger partial charge on any atom is 0.315 e. The molecule has 3 aliphatic heterocycles. The van der Waals surface area contributed by atoms with Crippen molar-refractivity contribution >= 4 is 41.4 Å². The number of Topliss-reactive ketones (excluding diaryl/α,β-unsaturated/α-hetero) is 1. The Balaban J connectivity index is 1.33. The van der Waals surface area contributed by atoms with Crippen molar-refractivity contribution in [1.29, 1.82) is 0 Å². The molecule has 0 aromatic carbocycles. The van der Waals surface area contributed by atoms with E-state index in [-0.39, 0.29) is 47.4 Å². The van der Waals surface area contributed by atoms with Gasteiger partial charge < -0.3 is 15.7 Å². The van der Waals surface area contributed by atoms with Gasteiger partial charge in [-0.1, -0.05) is 12.8 Å². The highest BCUT2D eigenvalue weighted by Crippen LogP contribution is 2.33. The summed E-state index contributed by atoms with van der Waals surface area (Å²) in [5.41, 5.74) is 0. The highest BCUT2D eigenvalue weighted by molar-refractivity contribution is 8.00. The summed E-state index contributed by atoms with van der Waals surface area (Å²) in [7, 11) is 0. The minimum absolute atomic E-state index is 0.0750. The summed E-state index contributed by atoms with van der Waals surface area (Å²) in [6, 6.07) is 0.0565. The Morgan fingerprint density at radius 2 is 1.83 bits per heavy atom. The molecule has 3 aliphatic rings. The van der Waals surface area contributed by atoms with Crippen LogP contribution in [0.25, 0.3) is 0 Å². The summed E-state index contributed by atoms with van der Waals surface area (Å²) >= 11 is 1.77. The molecule has 3 heterocycles. The zero-order valence-electron chi connectivity index (χ0n) is 16.7. The number of hydrogen-bond acceptors (Lipinski definition) is 6. The number of carboxylic acid groups (broad SMARTS) is 1. The molecule has 3 rings (SSSR count). The van der Waals surface area contributed by atoms with Crippen molar-refractivity contribution in [2.24, 2.45) is 5.92 Å². The van der Waals surface area contributed by atoms with Gasteiger partial charge in [0.1, 0.15) is 11.7 Å². The number of ketones is 1. The van der Waals surface area contributed by atoms with Gasteiger partial charge in [-0.05, 0) is 25.7 Å². The van der Waals surface area contributed by atoms with E-state index in [1.807, 2.05) is 0 Å². The van der Waals surface area contributed by atoms with E-state index in [2.05, 4.69) is 10.6 Å². The fraction of sp³-hybridized carbons (Fsp3) is 0.650. The van der Waals surface area contributed by atoms with Gasteiger partial charge in [0, 0.05) is 36.1 Å². The Bertz CT molecular complexity index is 737. The lowest BCUT2D eigenvalue weighted by Crippen LogP contribution is -2.37. The molecule has 0 aromatic rings. The Labute approximate surface area is 179 Å². The van der Waals surface area contributed by atoms with Crippen molar-refractivity contribution in [1.82, 2.24) is 15.5 Å². The van der Waals surface area contributed by atoms with Gasteiger partial charge in [0.05, 0.1) is 12.1 Å². The fourth-order valence-electron chi connectivity index (χ4n) is 4.16. The van der Waals surface area contributed by atoms with Gasteiger partial charge in [0.15, 0.2) is 0 Å². The summed E-state index contributed by atoms with van der Waals surface area (Å²) in [6.45, 7) is 0.313. The molecule has 0 bridgehead atoms. The van der Waals surface area contributed by atoms with Gasteiger partial charge in [0.2, 0.25) is 0 Å². The average molecular weight is 438 g/mol. The number of nitrogens with one attached hydrogen (secondary N) is 2. The Morgan fingerprint density at radius 1 is 1.10 bits per heavy atom. The summed E-state index contributed by atoms with van der Waals surface area (Å²) in [5, 5.41) is 15.5. The third-order valence-corrected chi connectivity index (χ3v) is 7.32. The molecule has 4 amide bonds. The number of amides is 4. The monoisotopic (exact) mass is 437 g/mol. The van der Waals surface area contributed by atoms with Crippen LogP contribution in [0.4, 0.5) is 4.79 Å². The van der Waals surface area contributed by atoms with E-state index in [0.717, 1.165) is 17.1 Å². The smallest absolute Gasteiger partial charge is 0.315 e. The van der Waals surface area contributed by atoms with E-state index in [0.29, 0.717) is 38.6 Å². The zero-order valence-corrected chi connectivity index (χ0v) is 17.5. The van der Waals surface area contributed by atoms with Crippen LogP contribution in [0.5, 0.6) is 0 Å². The number of thioether (sulfide) groups is 1.